The molecule has 2 atom stereocenters. The molecule has 4 rings (SSSR count). The lowest BCUT2D eigenvalue weighted by molar-refractivity contribution is 0.0783. The van der Waals surface area contributed by atoms with E-state index in [1.54, 1.807) is 9.47 Å². The zero-order valence-electron chi connectivity index (χ0n) is 17.9. The van der Waals surface area contributed by atoms with Gasteiger partial charge in [-0.15, -0.1) is 0 Å². The predicted molar refractivity (Wildman–Crippen MR) is 116 cm³/mol. The summed E-state index contributed by atoms with van der Waals surface area (Å²) in [7, 11) is 0. The lowest BCUT2D eigenvalue weighted by Crippen LogP contribution is -2.35. The number of aromatic hydroxyl groups is 1. The van der Waals surface area contributed by atoms with E-state index in [1.165, 1.54) is 5.56 Å². The van der Waals surface area contributed by atoms with Gasteiger partial charge >= 0.3 is 0 Å². The maximum atomic E-state index is 13.3. The Morgan fingerprint density at radius 3 is 2.63 bits per heavy atom. The first-order valence-electron chi connectivity index (χ1n) is 11.2. The van der Waals surface area contributed by atoms with Crippen LogP contribution >= 0.6 is 0 Å². The molecule has 2 aromatic rings. The molecular formula is C24H31N3O3. The molecule has 0 spiro atoms. The Balaban J connectivity index is 1.64. The van der Waals surface area contributed by atoms with Crippen LogP contribution in [0.4, 0.5) is 0 Å². The molecule has 0 radical (unpaired) electrons. The standard InChI is InChI=1S/C24H31N3O3/c1-3-4-10-20-25-22(28)21(24(30)27(20)16(2)17-11-12-17)23(29)26-14-13-19(15-26)18-8-6-5-7-9-18/h5-9,16-17,19,30H,3-4,10-15H2,1-2H3/t16-,19+/m1/s1. The number of hydrogen-bond donors (Lipinski definition) is 1. The molecule has 2 aliphatic rings. The van der Waals surface area contributed by atoms with E-state index in [1.807, 2.05) is 18.2 Å². The van der Waals surface area contributed by atoms with Crippen molar-refractivity contribution in [2.24, 2.45) is 5.92 Å². The van der Waals surface area contributed by atoms with Crippen LogP contribution in [0.3, 0.4) is 0 Å². The summed E-state index contributed by atoms with van der Waals surface area (Å²) in [4.78, 5) is 32.0. The maximum Gasteiger partial charge on any atom is 0.289 e. The molecule has 160 valence electrons. The first kappa shape index (κ1) is 20.6. The number of carbonyl (C=O) groups excluding carboxylic acids is 1. The van der Waals surface area contributed by atoms with Crippen LogP contribution < -0.4 is 5.56 Å². The number of unbranched alkanes of at least 4 members (excludes halogenated alkanes) is 1. The van der Waals surface area contributed by atoms with E-state index < -0.39 is 11.5 Å². The van der Waals surface area contributed by atoms with E-state index in [9.17, 15) is 14.7 Å². The first-order chi connectivity index (χ1) is 14.5. The summed E-state index contributed by atoms with van der Waals surface area (Å²) in [5, 5.41) is 11.1. The zero-order chi connectivity index (χ0) is 21.3. The molecule has 1 aliphatic heterocycles. The van der Waals surface area contributed by atoms with Crippen LogP contribution in [-0.2, 0) is 6.42 Å². The number of carbonyl (C=O) groups is 1. The van der Waals surface area contributed by atoms with Gasteiger partial charge in [-0.1, -0.05) is 43.7 Å². The Labute approximate surface area is 177 Å². The fraction of sp³-hybridized carbons (Fsp3) is 0.542. The second kappa shape index (κ2) is 8.62. The summed E-state index contributed by atoms with van der Waals surface area (Å²) in [5.41, 5.74) is 0.423. The van der Waals surface area contributed by atoms with Gasteiger partial charge in [-0.25, -0.2) is 0 Å². The Hall–Kier alpha value is -2.63. The second-order valence-electron chi connectivity index (χ2n) is 8.73. The van der Waals surface area contributed by atoms with Crippen LogP contribution in [0.5, 0.6) is 5.88 Å². The first-order valence-corrected chi connectivity index (χ1v) is 11.2. The average molecular weight is 410 g/mol. The van der Waals surface area contributed by atoms with Crippen molar-refractivity contribution in [3.63, 3.8) is 0 Å². The van der Waals surface area contributed by atoms with E-state index in [2.05, 4.69) is 31.0 Å². The van der Waals surface area contributed by atoms with Crippen molar-refractivity contribution >= 4 is 5.91 Å². The van der Waals surface area contributed by atoms with Gasteiger partial charge in [0.05, 0.1) is 0 Å². The quantitative estimate of drug-likeness (QED) is 0.753. The smallest absolute Gasteiger partial charge is 0.289 e. The summed E-state index contributed by atoms with van der Waals surface area (Å²) in [6, 6.07) is 10.2. The van der Waals surface area contributed by atoms with Crippen LogP contribution in [0.25, 0.3) is 0 Å². The number of benzene rings is 1. The van der Waals surface area contributed by atoms with Gasteiger partial charge in [-0.2, -0.15) is 4.98 Å². The van der Waals surface area contributed by atoms with Crippen molar-refractivity contribution in [1.29, 1.82) is 0 Å². The fourth-order valence-corrected chi connectivity index (χ4v) is 4.58. The predicted octanol–water partition coefficient (Wildman–Crippen LogP) is 3.89. The lowest BCUT2D eigenvalue weighted by Gasteiger charge is -2.24. The molecule has 1 aliphatic carbocycles. The van der Waals surface area contributed by atoms with Crippen LogP contribution in [0.2, 0.25) is 0 Å². The molecule has 1 aromatic heterocycles. The Morgan fingerprint density at radius 2 is 1.97 bits per heavy atom. The fourth-order valence-electron chi connectivity index (χ4n) is 4.58. The third-order valence-electron chi connectivity index (χ3n) is 6.60. The van der Waals surface area contributed by atoms with Gasteiger partial charge in [-0.05, 0) is 44.1 Å². The second-order valence-corrected chi connectivity index (χ2v) is 8.73. The minimum Gasteiger partial charge on any atom is -0.494 e. The van der Waals surface area contributed by atoms with E-state index in [0.29, 0.717) is 31.3 Å². The molecular weight excluding hydrogens is 378 g/mol. The molecule has 1 aromatic carbocycles. The topological polar surface area (TPSA) is 75.4 Å². The van der Waals surface area contributed by atoms with E-state index in [4.69, 9.17) is 0 Å². The Bertz CT molecular complexity index is 966. The van der Waals surface area contributed by atoms with Crippen molar-refractivity contribution in [2.45, 2.75) is 64.3 Å². The van der Waals surface area contributed by atoms with Gasteiger partial charge < -0.3 is 10.0 Å². The van der Waals surface area contributed by atoms with E-state index in [0.717, 1.165) is 32.1 Å². The number of hydrogen-bond acceptors (Lipinski definition) is 4. The molecule has 2 heterocycles. The van der Waals surface area contributed by atoms with Crippen molar-refractivity contribution in [2.75, 3.05) is 13.1 Å². The van der Waals surface area contributed by atoms with Gasteiger partial charge in [0, 0.05) is 31.5 Å². The summed E-state index contributed by atoms with van der Waals surface area (Å²) in [5.74, 6) is 0.717. The molecule has 30 heavy (non-hydrogen) atoms. The Morgan fingerprint density at radius 1 is 1.23 bits per heavy atom. The summed E-state index contributed by atoms with van der Waals surface area (Å²) in [6.07, 6.45) is 5.56. The highest BCUT2D eigenvalue weighted by Gasteiger charge is 2.36. The SMILES string of the molecule is CCCCc1nc(=O)c(C(=O)N2CC[C@H](c3ccccc3)C2)c(O)n1[C@H](C)C1CC1. The minimum absolute atomic E-state index is 0.0344. The van der Waals surface area contributed by atoms with Crippen LogP contribution in [0, 0.1) is 5.92 Å². The number of nitrogens with zero attached hydrogens (tertiary/aromatic N) is 3. The number of aryl methyl sites for hydroxylation is 1. The normalized spacial score (nSPS) is 19.8. The van der Waals surface area contributed by atoms with Crippen LogP contribution in [0.15, 0.2) is 35.1 Å². The molecule has 0 bridgehead atoms. The Kier molecular flexibility index (Phi) is 5.93. The molecule has 6 heteroatoms. The maximum absolute atomic E-state index is 13.3. The molecule has 2 fully saturated rings. The van der Waals surface area contributed by atoms with Crippen LogP contribution in [0.1, 0.15) is 79.7 Å². The molecule has 1 amide bonds. The highest BCUT2D eigenvalue weighted by Crippen LogP contribution is 2.42. The molecule has 1 saturated carbocycles. The number of aromatic nitrogens is 2. The van der Waals surface area contributed by atoms with Gasteiger partial charge in [0.2, 0.25) is 5.88 Å². The average Bonchev–Trinajstić information content (AvgIpc) is 3.48. The highest BCUT2D eigenvalue weighted by molar-refractivity contribution is 5.96. The van der Waals surface area contributed by atoms with Gasteiger partial charge in [0.1, 0.15) is 5.82 Å². The molecule has 1 saturated heterocycles. The zero-order valence-corrected chi connectivity index (χ0v) is 17.9. The van der Waals surface area contributed by atoms with Crippen molar-refractivity contribution < 1.29 is 9.90 Å². The minimum atomic E-state index is -0.606. The highest BCUT2D eigenvalue weighted by atomic mass is 16.3. The lowest BCUT2D eigenvalue weighted by atomic mass is 9.99. The summed E-state index contributed by atoms with van der Waals surface area (Å²) < 4.78 is 1.76. The number of amides is 1. The summed E-state index contributed by atoms with van der Waals surface area (Å²) in [6.45, 7) is 5.26. The third kappa shape index (κ3) is 4.00. The number of likely N-dealkylation sites (tertiary alicyclic amines) is 1. The monoisotopic (exact) mass is 409 g/mol. The number of rotatable bonds is 7. The summed E-state index contributed by atoms with van der Waals surface area (Å²) >= 11 is 0. The van der Waals surface area contributed by atoms with Crippen molar-refractivity contribution in [1.82, 2.24) is 14.5 Å². The molecule has 0 unspecified atom stereocenters. The third-order valence-corrected chi connectivity index (χ3v) is 6.60. The van der Waals surface area contributed by atoms with Crippen LogP contribution in [-0.4, -0.2) is 38.6 Å². The van der Waals surface area contributed by atoms with Crippen molar-refractivity contribution in [3.05, 3.63) is 57.6 Å². The van der Waals surface area contributed by atoms with E-state index >= 15 is 0 Å². The molecule has 6 nitrogen and oxygen atoms in total. The molecule has 1 N–H and O–H groups in total. The van der Waals surface area contributed by atoms with Crippen molar-refractivity contribution in [3.8, 4) is 5.88 Å². The van der Waals surface area contributed by atoms with E-state index in [-0.39, 0.29) is 23.4 Å². The van der Waals surface area contributed by atoms with Gasteiger partial charge in [0.25, 0.3) is 11.5 Å². The van der Waals surface area contributed by atoms with Gasteiger partial charge in [0.15, 0.2) is 5.56 Å². The van der Waals surface area contributed by atoms with Gasteiger partial charge in [-0.3, -0.25) is 14.2 Å². The largest absolute Gasteiger partial charge is 0.494 e.